The minimum Gasteiger partial charge on any atom is -0.329 e. The zero-order valence-corrected chi connectivity index (χ0v) is 12.7. The van der Waals surface area contributed by atoms with Crippen LogP contribution in [0, 0.1) is 13.8 Å². The van der Waals surface area contributed by atoms with Gasteiger partial charge in [0.25, 0.3) is 0 Å². The lowest BCUT2D eigenvalue weighted by Gasteiger charge is -2.14. The molecule has 1 heterocycles. The van der Waals surface area contributed by atoms with Crippen LogP contribution in [0.25, 0.3) is 0 Å². The van der Waals surface area contributed by atoms with Crippen molar-refractivity contribution >= 4 is 10.0 Å². The summed E-state index contributed by atoms with van der Waals surface area (Å²) in [7, 11) is -3.29. The maximum atomic E-state index is 11.9. The van der Waals surface area contributed by atoms with Crippen LogP contribution in [0.1, 0.15) is 31.2 Å². The van der Waals surface area contributed by atoms with Crippen LogP contribution in [0.5, 0.6) is 0 Å². The van der Waals surface area contributed by atoms with Gasteiger partial charge in [0.05, 0.1) is 10.9 Å². The summed E-state index contributed by atoms with van der Waals surface area (Å²) in [5.41, 5.74) is 7.52. The van der Waals surface area contributed by atoms with E-state index in [0.29, 0.717) is 25.9 Å². The second kappa shape index (κ2) is 7.02. The van der Waals surface area contributed by atoms with Gasteiger partial charge in [-0.3, -0.25) is 4.68 Å². The van der Waals surface area contributed by atoms with Crippen LogP contribution < -0.4 is 10.5 Å². The fourth-order valence-electron chi connectivity index (χ4n) is 1.98. The van der Waals surface area contributed by atoms with Gasteiger partial charge < -0.3 is 5.73 Å². The van der Waals surface area contributed by atoms with Crippen molar-refractivity contribution in [3.05, 3.63) is 17.5 Å². The van der Waals surface area contributed by atoms with Crippen molar-refractivity contribution in [2.75, 3.05) is 13.1 Å². The van der Waals surface area contributed by atoms with E-state index in [9.17, 15) is 8.42 Å². The summed E-state index contributed by atoms with van der Waals surface area (Å²) in [5, 5.41) is 3.83. The second-order valence-electron chi connectivity index (χ2n) is 4.71. The second-order valence-corrected chi connectivity index (χ2v) is 6.75. The topological polar surface area (TPSA) is 90.0 Å². The predicted molar refractivity (Wildman–Crippen MR) is 76.4 cm³/mol. The molecule has 1 aromatic rings. The monoisotopic (exact) mass is 288 g/mol. The number of nitrogens with zero attached hydrogens (tertiary/aromatic N) is 2. The highest BCUT2D eigenvalue weighted by Crippen LogP contribution is 2.04. The summed E-state index contributed by atoms with van der Waals surface area (Å²) in [4.78, 5) is 0. The number of hydrogen-bond donors (Lipinski definition) is 2. The van der Waals surface area contributed by atoms with E-state index in [1.54, 1.807) is 0 Å². The van der Waals surface area contributed by atoms with Crippen molar-refractivity contribution in [2.24, 2.45) is 5.73 Å². The number of aromatic nitrogens is 2. The summed E-state index contributed by atoms with van der Waals surface area (Å²) in [5.74, 6) is 0. The summed E-state index contributed by atoms with van der Waals surface area (Å²) in [6, 6.07) is 2.01. The fourth-order valence-corrected chi connectivity index (χ4v) is 3.33. The van der Waals surface area contributed by atoms with E-state index in [1.807, 2.05) is 31.5 Å². The molecule has 0 aliphatic rings. The Morgan fingerprint density at radius 3 is 2.63 bits per heavy atom. The summed E-state index contributed by atoms with van der Waals surface area (Å²) >= 11 is 0. The molecule has 0 aliphatic heterocycles. The van der Waals surface area contributed by atoms with E-state index in [4.69, 9.17) is 5.73 Å². The molecule has 0 bridgehead atoms. The van der Waals surface area contributed by atoms with Gasteiger partial charge in [0, 0.05) is 25.3 Å². The van der Waals surface area contributed by atoms with Crippen molar-refractivity contribution < 1.29 is 8.42 Å². The molecule has 1 unspecified atom stereocenters. The van der Waals surface area contributed by atoms with Crippen molar-refractivity contribution in [1.29, 1.82) is 0 Å². The molecule has 0 aromatic carbocycles. The highest BCUT2D eigenvalue weighted by Gasteiger charge is 2.21. The molecule has 6 nitrogen and oxygen atoms in total. The van der Waals surface area contributed by atoms with Crippen molar-refractivity contribution in [3.8, 4) is 0 Å². The van der Waals surface area contributed by atoms with Crippen LogP contribution in [0.2, 0.25) is 0 Å². The standard InChI is InChI=1S/C12H24N4O2S/c1-4-12(9-13)19(17,18)14-6-5-7-16-11(3)8-10(2)15-16/h8,12,14H,4-7,9,13H2,1-3H3. The van der Waals surface area contributed by atoms with Gasteiger partial charge >= 0.3 is 0 Å². The zero-order valence-electron chi connectivity index (χ0n) is 11.9. The van der Waals surface area contributed by atoms with Crippen LogP contribution in [0.4, 0.5) is 0 Å². The van der Waals surface area contributed by atoms with E-state index in [1.165, 1.54) is 0 Å². The molecule has 0 aliphatic carbocycles. The maximum Gasteiger partial charge on any atom is 0.215 e. The van der Waals surface area contributed by atoms with Gasteiger partial charge in [-0.1, -0.05) is 6.92 Å². The third-order valence-corrected chi connectivity index (χ3v) is 5.12. The lowest BCUT2D eigenvalue weighted by atomic mass is 10.3. The number of nitrogens with two attached hydrogens (primary N) is 1. The number of hydrogen-bond acceptors (Lipinski definition) is 4. The predicted octanol–water partition coefficient (Wildman–Crippen LogP) is 0.547. The highest BCUT2D eigenvalue weighted by atomic mass is 32.2. The van der Waals surface area contributed by atoms with Gasteiger partial charge in [-0.25, -0.2) is 13.1 Å². The Labute approximate surface area is 115 Å². The van der Waals surface area contributed by atoms with E-state index in [-0.39, 0.29) is 6.54 Å². The summed E-state index contributed by atoms with van der Waals surface area (Å²) in [6.07, 6.45) is 1.24. The number of aryl methyl sites for hydroxylation is 3. The molecule has 7 heteroatoms. The molecule has 0 spiro atoms. The Bertz CT molecular complexity index is 492. The minimum atomic E-state index is -3.29. The first-order chi connectivity index (χ1) is 8.90. The molecule has 19 heavy (non-hydrogen) atoms. The molecule has 1 rings (SSSR count). The Morgan fingerprint density at radius 2 is 2.16 bits per heavy atom. The van der Waals surface area contributed by atoms with Crippen LogP contribution in [0.3, 0.4) is 0 Å². The lowest BCUT2D eigenvalue weighted by molar-refractivity contribution is 0.535. The Kier molecular flexibility index (Phi) is 5.96. The van der Waals surface area contributed by atoms with E-state index in [2.05, 4.69) is 9.82 Å². The molecular formula is C12H24N4O2S. The maximum absolute atomic E-state index is 11.9. The van der Waals surface area contributed by atoms with Gasteiger partial charge in [0.2, 0.25) is 10.0 Å². The van der Waals surface area contributed by atoms with Crippen LogP contribution in [0.15, 0.2) is 6.07 Å². The zero-order chi connectivity index (χ0) is 14.5. The van der Waals surface area contributed by atoms with Gasteiger partial charge in [0.1, 0.15) is 0 Å². The summed E-state index contributed by atoms with van der Waals surface area (Å²) in [6.45, 7) is 7.04. The van der Waals surface area contributed by atoms with E-state index < -0.39 is 15.3 Å². The molecule has 1 atom stereocenters. The molecule has 0 saturated heterocycles. The molecule has 0 amide bonds. The molecule has 0 saturated carbocycles. The first kappa shape index (κ1) is 16.1. The van der Waals surface area contributed by atoms with Gasteiger partial charge in [-0.05, 0) is 32.8 Å². The fraction of sp³-hybridized carbons (Fsp3) is 0.750. The Hall–Kier alpha value is -0.920. The van der Waals surface area contributed by atoms with Crippen molar-refractivity contribution in [1.82, 2.24) is 14.5 Å². The van der Waals surface area contributed by atoms with Crippen molar-refractivity contribution in [3.63, 3.8) is 0 Å². The van der Waals surface area contributed by atoms with Gasteiger partial charge in [-0.15, -0.1) is 0 Å². The molecule has 1 aromatic heterocycles. The third-order valence-electron chi connectivity index (χ3n) is 3.11. The van der Waals surface area contributed by atoms with Gasteiger partial charge in [0.15, 0.2) is 0 Å². The number of nitrogens with one attached hydrogen (secondary N) is 1. The van der Waals surface area contributed by atoms with Crippen LogP contribution in [-0.4, -0.2) is 36.5 Å². The molecule has 110 valence electrons. The summed E-state index contributed by atoms with van der Waals surface area (Å²) < 4.78 is 28.2. The minimum absolute atomic E-state index is 0.156. The third kappa shape index (κ3) is 4.59. The average Bonchev–Trinajstić information content (AvgIpc) is 2.64. The highest BCUT2D eigenvalue weighted by molar-refractivity contribution is 7.90. The Morgan fingerprint density at radius 1 is 1.47 bits per heavy atom. The number of rotatable bonds is 8. The normalized spacial score (nSPS) is 13.7. The van der Waals surface area contributed by atoms with Crippen LogP contribution in [-0.2, 0) is 16.6 Å². The van der Waals surface area contributed by atoms with E-state index >= 15 is 0 Å². The quantitative estimate of drug-likeness (QED) is 0.683. The van der Waals surface area contributed by atoms with Crippen LogP contribution >= 0.6 is 0 Å². The van der Waals surface area contributed by atoms with Gasteiger partial charge in [-0.2, -0.15) is 5.10 Å². The lowest BCUT2D eigenvalue weighted by Crippen LogP contribution is -2.39. The molecular weight excluding hydrogens is 264 g/mol. The number of sulfonamides is 1. The molecule has 3 N–H and O–H groups in total. The SMILES string of the molecule is CCC(CN)S(=O)(=O)NCCCn1nc(C)cc1C. The molecule has 0 radical (unpaired) electrons. The molecule has 0 fully saturated rings. The smallest absolute Gasteiger partial charge is 0.215 e. The first-order valence-electron chi connectivity index (χ1n) is 6.60. The Balaban J connectivity index is 2.41. The van der Waals surface area contributed by atoms with E-state index in [0.717, 1.165) is 11.4 Å². The average molecular weight is 288 g/mol. The van der Waals surface area contributed by atoms with Crippen molar-refractivity contribution in [2.45, 2.75) is 45.4 Å². The first-order valence-corrected chi connectivity index (χ1v) is 8.15. The largest absolute Gasteiger partial charge is 0.329 e.